The van der Waals surface area contributed by atoms with Gasteiger partial charge in [-0.2, -0.15) is 4.57 Å². The molecule has 0 fully saturated rings. The molecule has 0 unspecified atom stereocenters. The SMILES string of the molecule is ICCCC[n+]1ccsc1. The summed E-state index contributed by atoms with van der Waals surface area (Å²) < 4.78 is 3.53. The molecule has 1 aromatic heterocycles. The molecule has 1 heterocycles. The molecular formula is C7H11INS+. The molecular weight excluding hydrogens is 257 g/mol. The highest BCUT2D eigenvalue weighted by molar-refractivity contribution is 14.1. The van der Waals surface area contributed by atoms with Gasteiger partial charge >= 0.3 is 0 Å². The van der Waals surface area contributed by atoms with Gasteiger partial charge in [-0.05, 0) is 10.8 Å². The lowest BCUT2D eigenvalue weighted by atomic mass is 10.3. The molecule has 0 aromatic carbocycles. The molecule has 0 radical (unpaired) electrons. The summed E-state index contributed by atoms with van der Waals surface area (Å²) in [5.74, 6) is 0. The topological polar surface area (TPSA) is 3.88 Å². The molecule has 3 heteroatoms. The quantitative estimate of drug-likeness (QED) is 0.341. The Bertz CT molecular complexity index is 162. The van der Waals surface area contributed by atoms with Gasteiger partial charge in [0, 0.05) is 6.42 Å². The van der Waals surface area contributed by atoms with Gasteiger partial charge in [0.25, 0.3) is 0 Å². The minimum atomic E-state index is 1.19. The van der Waals surface area contributed by atoms with Crippen molar-refractivity contribution in [1.29, 1.82) is 0 Å². The fourth-order valence-corrected chi connectivity index (χ4v) is 1.95. The first-order valence-corrected chi connectivity index (χ1v) is 5.87. The van der Waals surface area contributed by atoms with Gasteiger partial charge in [0.1, 0.15) is 6.54 Å². The lowest BCUT2D eigenvalue weighted by molar-refractivity contribution is -0.692. The third kappa shape index (κ3) is 2.96. The van der Waals surface area contributed by atoms with Crippen LogP contribution in [0.15, 0.2) is 17.1 Å². The molecule has 0 N–H and O–H groups in total. The maximum Gasteiger partial charge on any atom is 0.224 e. The smallest absolute Gasteiger partial charge is 0.195 e. The minimum Gasteiger partial charge on any atom is -0.195 e. The summed E-state index contributed by atoms with van der Waals surface area (Å²) >= 11 is 4.18. The minimum absolute atomic E-state index is 1.19. The van der Waals surface area contributed by atoms with Crippen LogP contribution in [0, 0.1) is 0 Å². The molecule has 56 valence electrons. The van der Waals surface area contributed by atoms with Crippen LogP contribution in [0.1, 0.15) is 12.8 Å². The number of nitrogens with zero attached hydrogens (tertiary/aromatic N) is 1. The Morgan fingerprint density at radius 2 is 2.30 bits per heavy atom. The predicted octanol–water partition coefficient (Wildman–Crippen LogP) is 2.25. The van der Waals surface area contributed by atoms with Gasteiger partial charge in [0.15, 0.2) is 6.20 Å². The van der Waals surface area contributed by atoms with Crippen molar-refractivity contribution in [2.24, 2.45) is 0 Å². The molecule has 0 aliphatic rings. The van der Waals surface area contributed by atoms with E-state index in [2.05, 4.69) is 44.2 Å². The van der Waals surface area contributed by atoms with Crippen LogP contribution in [0.25, 0.3) is 0 Å². The monoisotopic (exact) mass is 268 g/mol. The molecule has 0 amide bonds. The van der Waals surface area contributed by atoms with Crippen molar-refractivity contribution in [2.75, 3.05) is 4.43 Å². The van der Waals surface area contributed by atoms with E-state index in [0.717, 1.165) is 0 Å². The van der Waals surface area contributed by atoms with Crippen molar-refractivity contribution in [3.8, 4) is 0 Å². The van der Waals surface area contributed by atoms with Crippen molar-refractivity contribution in [3.63, 3.8) is 0 Å². The Labute approximate surface area is 79.2 Å². The number of alkyl halides is 1. The number of halogens is 1. The number of aryl methyl sites for hydroxylation is 1. The molecule has 0 bridgehead atoms. The average Bonchev–Trinajstić information content (AvgIpc) is 2.41. The maximum absolute atomic E-state index is 2.42. The number of hydrogen-bond acceptors (Lipinski definition) is 1. The highest BCUT2D eigenvalue weighted by Gasteiger charge is 1.97. The van der Waals surface area contributed by atoms with Crippen LogP contribution in [0.2, 0.25) is 0 Å². The van der Waals surface area contributed by atoms with E-state index in [-0.39, 0.29) is 0 Å². The molecule has 0 aliphatic carbocycles. The van der Waals surface area contributed by atoms with E-state index in [1.165, 1.54) is 23.8 Å². The number of rotatable bonds is 4. The van der Waals surface area contributed by atoms with E-state index < -0.39 is 0 Å². The Balaban J connectivity index is 2.15. The molecule has 0 atom stereocenters. The number of aromatic nitrogens is 1. The van der Waals surface area contributed by atoms with Crippen molar-refractivity contribution in [3.05, 3.63) is 17.1 Å². The summed E-state index contributed by atoms with van der Waals surface area (Å²) in [6, 6.07) is 0. The summed E-state index contributed by atoms with van der Waals surface area (Å²) in [5.41, 5.74) is 2.16. The largest absolute Gasteiger partial charge is 0.224 e. The van der Waals surface area contributed by atoms with E-state index in [1.807, 2.05) is 0 Å². The van der Waals surface area contributed by atoms with Crippen molar-refractivity contribution in [2.45, 2.75) is 19.4 Å². The molecule has 1 nitrogen and oxygen atoms in total. The van der Waals surface area contributed by atoms with Crippen LogP contribution in [0.3, 0.4) is 0 Å². The van der Waals surface area contributed by atoms with E-state index in [1.54, 1.807) is 11.3 Å². The van der Waals surface area contributed by atoms with Crippen molar-refractivity contribution in [1.82, 2.24) is 0 Å². The summed E-state index contributed by atoms with van der Waals surface area (Å²) in [6.07, 6.45) is 4.78. The zero-order valence-corrected chi connectivity index (χ0v) is 8.77. The summed E-state index contributed by atoms with van der Waals surface area (Å²) in [7, 11) is 0. The zero-order chi connectivity index (χ0) is 7.23. The second-order valence-electron chi connectivity index (χ2n) is 2.16. The molecule has 1 aromatic rings. The molecule has 1 rings (SSSR count). The standard InChI is InChI=1S/C7H11INS/c8-3-1-2-4-9-5-6-10-7-9/h5-7H,1-4H2/q+1. The van der Waals surface area contributed by atoms with Crippen LogP contribution in [0.5, 0.6) is 0 Å². The lowest BCUT2D eigenvalue weighted by Crippen LogP contribution is -2.29. The molecule has 0 aliphatic heterocycles. The fourth-order valence-electron chi connectivity index (χ4n) is 0.778. The van der Waals surface area contributed by atoms with Gasteiger partial charge in [-0.15, -0.1) is 0 Å². The Morgan fingerprint density at radius 3 is 2.90 bits per heavy atom. The zero-order valence-electron chi connectivity index (χ0n) is 5.79. The first kappa shape index (κ1) is 8.46. The van der Waals surface area contributed by atoms with Crippen LogP contribution >= 0.6 is 33.9 Å². The van der Waals surface area contributed by atoms with E-state index in [9.17, 15) is 0 Å². The van der Waals surface area contributed by atoms with Gasteiger partial charge < -0.3 is 0 Å². The second kappa shape index (κ2) is 5.07. The summed E-state index contributed by atoms with van der Waals surface area (Å²) in [4.78, 5) is 0. The molecule has 0 spiro atoms. The Kier molecular flexibility index (Phi) is 4.29. The summed E-state index contributed by atoms with van der Waals surface area (Å²) in [6.45, 7) is 1.19. The average molecular weight is 268 g/mol. The van der Waals surface area contributed by atoms with Gasteiger partial charge in [0.2, 0.25) is 5.51 Å². The first-order valence-electron chi connectivity index (χ1n) is 3.40. The van der Waals surface area contributed by atoms with Gasteiger partial charge in [-0.25, -0.2) is 0 Å². The van der Waals surface area contributed by atoms with E-state index >= 15 is 0 Å². The molecule has 10 heavy (non-hydrogen) atoms. The predicted molar refractivity (Wildman–Crippen MR) is 52.6 cm³/mol. The van der Waals surface area contributed by atoms with Crippen LogP contribution in [-0.2, 0) is 6.54 Å². The highest BCUT2D eigenvalue weighted by atomic mass is 127. The normalized spacial score (nSPS) is 10.1. The third-order valence-electron chi connectivity index (χ3n) is 1.33. The van der Waals surface area contributed by atoms with Gasteiger partial charge in [-0.1, -0.05) is 33.9 Å². The number of unbranched alkanes of at least 4 members (excludes halogenated alkanes) is 1. The number of hydrogen-bond donors (Lipinski definition) is 0. The number of thiazole rings is 1. The molecule has 0 saturated carbocycles. The third-order valence-corrected chi connectivity index (χ3v) is 2.76. The van der Waals surface area contributed by atoms with Crippen molar-refractivity contribution < 1.29 is 4.57 Å². The van der Waals surface area contributed by atoms with Gasteiger partial charge in [0.05, 0.1) is 5.38 Å². The maximum atomic E-state index is 2.42. The fraction of sp³-hybridized carbons (Fsp3) is 0.571. The van der Waals surface area contributed by atoms with E-state index in [0.29, 0.717) is 0 Å². The van der Waals surface area contributed by atoms with Gasteiger partial charge in [-0.3, -0.25) is 0 Å². The van der Waals surface area contributed by atoms with Crippen LogP contribution in [-0.4, -0.2) is 4.43 Å². The lowest BCUT2D eigenvalue weighted by Gasteiger charge is -1.89. The molecule has 0 saturated heterocycles. The van der Waals surface area contributed by atoms with Crippen LogP contribution in [0.4, 0.5) is 0 Å². The Hall–Kier alpha value is 0.360. The van der Waals surface area contributed by atoms with Crippen LogP contribution < -0.4 is 4.57 Å². The summed E-state index contributed by atoms with van der Waals surface area (Å²) in [5, 5.41) is 2.12. The Morgan fingerprint density at radius 1 is 1.40 bits per heavy atom. The second-order valence-corrected chi connectivity index (χ2v) is 3.99. The van der Waals surface area contributed by atoms with E-state index in [4.69, 9.17) is 0 Å². The first-order chi connectivity index (χ1) is 4.93. The highest BCUT2D eigenvalue weighted by Crippen LogP contribution is 1.95. The van der Waals surface area contributed by atoms with Crippen molar-refractivity contribution >= 4 is 33.9 Å².